The minimum Gasteiger partial charge on any atom is -0.304 e. The van der Waals surface area contributed by atoms with Gasteiger partial charge < -0.3 is 4.84 Å². The second-order valence-electron chi connectivity index (χ2n) is 2.97. The molecule has 2 nitrogen and oxygen atoms in total. The van der Waals surface area contributed by atoms with Crippen molar-refractivity contribution in [1.29, 1.82) is 0 Å². The van der Waals surface area contributed by atoms with Crippen LogP contribution in [-0.2, 0) is 4.84 Å². The molecular formula is C11H13NO. The Kier molecular flexibility index (Phi) is 3.51. The van der Waals surface area contributed by atoms with Gasteiger partial charge in [-0.25, -0.2) is 5.90 Å². The van der Waals surface area contributed by atoms with E-state index in [1.165, 1.54) is 0 Å². The lowest BCUT2D eigenvalue weighted by atomic mass is 9.97. The summed E-state index contributed by atoms with van der Waals surface area (Å²) in [7, 11) is 0. The maximum atomic E-state index is 5.36. The van der Waals surface area contributed by atoms with E-state index in [-0.39, 0.29) is 5.92 Å². The Morgan fingerprint density at radius 3 is 2.85 bits per heavy atom. The molecule has 0 spiro atoms. The summed E-state index contributed by atoms with van der Waals surface area (Å²) in [6.07, 6.45) is 5.36. The van der Waals surface area contributed by atoms with Crippen LogP contribution in [0.5, 0.6) is 0 Å². The maximum absolute atomic E-state index is 5.36. The van der Waals surface area contributed by atoms with E-state index in [4.69, 9.17) is 12.3 Å². The lowest BCUT2D eigenvalue weighted by Gasteiger charge is -2.11. The zero-order valence-electron chi connectivity index (χ0n) is 7.66. The maximum Gasteiger partial charge on any atom is 0.0745 e. The summed E-state index contributed by atoms with van der Waals surface area (Å²) in [5.41, 5.74) is 2.02. The van der Waals surface area contributed by atoms with Crippen LogP contribution in [0.3, 0.4) is 0 Å². The molecule has 13 heavy (non-hydrogen) atoms. The molecule has 0 heterocycles. The second kappa shape index (κ2) is 4.66. The van der Waals surface area contributed by atoms with E-state index in [0.29, 0.717) is 6.61 Å². The van der Waals surface area contributed by atoms with E-state index in [0.717, 1.165) is 11.1 Å². The Balaban J connectivity index is 2.93. The quantitative estimate of drug-likeness (QED) is 0.560. The van der Waals surface area contributed by atoms with Crippen LogP contribution in [0.15, 0.2) is 24.3 Å². The molecule has 1 atom stereocenters. The van der Waals surface area contributed by atoms with Gasteiger partial charge in [-0.05, 0) is 11.6 Å². The van der Waals surface area contributed by atoms with Crippen molar-refractivity contribution >= 4 is 0 Å². The lowest BCUT2D eigenvalue weighted by Crippen LogP contribution is -2.09. The van der Waals surface area contributed by atoms with Gasteiger partial charge >= 0.3 is 0 Å². The number of rotatable bonds is 3. The average Bonchev–Trinajstić information content (AvgIpc) is 2.18. The first-order chi connectivity index (χ1) is 6.29. The average molecular weight is 175 g/mol. The number of nitrogens with two attached hydrogens (primary N) is 1. The van der Waals surface area contributed by atoms with Gasteiger partial charge in [0.2, 0.25) is 0 Å². The highest BCUT2D eigenvalue weighted by Crippen LogP contribution is 2.18. The molecule has 1 unspecified atom stereocenters. The first-order valence-corrected chi connectivity index (χ1v) is 4.16. The molecule has 1 rings (SSSR count). The molecule has 2 heteroatoms. The van der Waals surface area contributed by atoms with Gasteiger partial charge in [0, 0.05) is 11.5 Å². The molecule has 0 radical (unpaired) electrons. The van der Waals surface area contributed by atoms with Crippen molar-refractivity contribution < 1.29 is 4.84 Å². The predicted octanol–water partition coefficient (Wildman–Crippen LogP) is 1.66. The fourth-order valence-electron chi connectivity index (χ4n) is 1.29. The molecule has 1 aromatic carbocycles. The number of hydrogen-bond donors (Lipinski definition) is 1. The van der Waals surface area contributed by atoms with Gasteiger partial charge in [0.1, 0.15) is 0 Å². The van der Waals surface area contributed by atoms with Crippen molar-refractivity contribution in [1.82, 2.24) is 0 Å². The largest absolute Gasteiger partial charge is 0.304 e. The van der Waals surface area contributed by atoms with Gasteiger partial charge in [-0.2, -0.15) is 0 Å². The Morgan fingerprint density at radius 1 is 1.54 bits per heavy atom. The van der Waals surface area contributed by atoms with E-state index >= 15 is 0 Å². The molecule has 0 bridgehead atoms. The zero-order chi connectivity index (χ0) is 9.68. The van der Waals surface area contributed by atoms with Gasteiger partial charge in [-0.15, -0.1) is 6.42 Å². The van der Waals surface area contributed by atoms with Crippen molar-refractivity contribution in [2.75, 3.05) is 6.61 Å². The van der Waals surface area contributed by atoms with Gasteiger partial charge in [-0.1, -0.05) is 31.0 Å². The highest BCUT2D eigenvalue weighted by atomic mass is 16.6. The second-order valence-corrected chi connectivity index (χ2v) is 2.97. The smallest absolute Gasteiger partial charge is 0.0745 e. The van der Waals surface area contributed by atoms with Gasteiger partial charge in [-0.3, -0.25) is 0 Å². The first kappa shape index (κ1) is 9.79. The monoisotopic (exact) mass is 175 g/mol. The Hall–Kier alpha value is -1.30. The minimum absolute atomic E-state index is 0.234. The molecule has 2 N–H and O–H groups in total. The summed E-state index contributed by atoms with van der Waals surface area (Å²) in [6, 6.07) is 7.80. The highest BCUT2D eigenvalue weighted by molar-refractivity contribution is 5.41. The van der Waals surface area contributed by atoms with Crippen molar-refractivity contribution in [2.24, 2.45) is 5.90 Å². The number of terminal acetylenes is 1. The molecule has 0 aliphatic rings. The summed E-state index contributed by atoms with van der Waals surface area (Å²) in [5, 5.41) is 0. The molecular weight excluding hydrogens is 162 g/mol. The van der Waals surface area contributed by atoms with Crippen molar-refractivity contribution in [2.45, 2.75) is 12.8 Å². The standard InChI is InChI=1S/C11H13NO/c1-3-10-6-4-5-7-11(10)9(2)8-13-12/h1,4-7,9H,8,12H2,2H3. The van der Waals surface area contributed by atoms with Crippen molar-refractivity contribution in [3.05, 3.63) is 35.4 Å². The molecule has 68 valence electrons. The van der Waals surface area contributed by atoms with E-state index < -0.39 is 0 Å². The normalized spacial score (nSPS) is 12.1. The molecule has 0 saturated heterocycles. The fraction of sp³-hybridized carbons (Fsp3) is 0.273. The van der Waals surface area contributed by atoms with Crippen LogP contribution in [0.1, 0.15) is 24.0 Å². The van der Waals surface area contributed by atoms with Crippen LogP contribution >= 0.6 is 0 Å². The van der Waals surface area contributed by atoms with E-state index in [9.17, 15) is 0 Å². The Bertz CT molecular complexity index is 314. The zero-order valence-corrected chi connectivity index (χ0v) is 7.66. The van der Waals surface area contributed by atoms with Crippen LogP contribution in [0.2, 0.25) is 0 Å². The third-order valence-electron chi connectivity index (χ3n) is 1.99. The van der Waals surface area contributed by atoms with Crippen LogP contribution < -0.4 is 5.90 Å². The first-order valence-electron chi connectivity index (χ1n) is 4.16. The summed E-state index contributed by atoms with van der Waals surface area (Å²) >= 11 is 0. The van der Waals surface area contributed by atoms with Crippen LogP contribution in [0.25, 0.3) is 0 Å². The SMILES string of the molecule is C#Cc1ccccc1C(C)CON. The van der Waals surface area contributed by atoms with Crippen LogP contribution in [0, 0.1) is 12.3 Å². The molecule has 0 amide bonds. The number of benzene rings is 1. The molecule has 0 saturated carbocycles. The third kappa shape index (κ3) is 2.32. The molecule has 0 aliphatic carbocycles. The molecule has 0 aliphatic heterocycles. The van der Waals surface area contributed by atoms with Gasteiger partial charge in [0.25, 0.3) is 0 Å². The minimum atomic E-state index is 0.234. The van der Waals surface area contributed by atoms with E-state index in [2.05, 4.69) is 10.8 Å². The molecule has 0 fully saturated rings. The summed E-state index contributed by atoms with van der Waals surface area (Å²) in [6.45, 7) is 2.52. The lowest BCUT2D eigenvalue weighted by molar-refractivity contribution is 0.126. The van der Waals surface area contributed by atoms with Crippen LogP contribution in [0.4, 0.5) is 0 Å². The number of hydrogen-bond acceptors (Lipinski definition) is 2. The third-order valence-corrected chi connectivity index (χ3v) is 1.99. The van der Waals surface area contributed by atoms with E-state index in [1.807, 2.05) is 31.2 Å². The molecule has 0 aromatic heterocycles. The van der Waals surface area contributed by atoms with Crippen LogP contribution in [-0.4, -0.2) is 6.61 Å². The van der Waals surface area contributed by atoms with Gasteiger partial charge in [0.05, 0.1) is 6.61 Å². The fourth-order valence-corrected chi connectivity index (χ4v) is 1.29. The summed E-state index contributed by atoms with van der Waals surface area (Å²) in [5.74, 6) is 7.88. The van der Waals surface area contributed by atoms with Crippen molar-refractivity contribution in [3.63, 3.8) is 0 Å². The summed E-state index contributed by atoms with van der Waals surface area (Å²) in [4.78, 5) is 4.59. The topological polar surface area (TPSA) is 35.2 Å². The predicted molar refractivity (Wildman–Crippen MR) is 52.9 cm³/mol. The Morgan fingerprint density at radius 2 is 2.23 bits per heavy atom. The Labute approximate surface area is 78.7 Å². The van der Waals surface area contributed by atoms with Crippen molar-refractivity contribution in [3.8, 4) is 12.3 Å². The highest BCUT2D eigenvalue weighted by Gasteiger charge is 2.08. The summed E-state index contributed by atoms with van der Waals surface area (Å²) < 4.78 is 0. The van der Waals surface area contributed by atoms with E-state index in [1.54, 1.807) is 0 Å². The van der Waals surface area contributed by atoms with Gasteiger partial charge in [0.15, 0.2) is 0 Å². The molecule has 1 aromatic rings.